The molecule has 0 aliphatic carbocycles. The lowest BCUT2D eigenvalue weighted by Gasteiger charge is -2.17. The van der Waals surface area contributed by atoms with E-state index in [9.17, 15) is 8.42 Å². The van der Waals surface area contributed by atoms with Gasteiger partial charge in [0.15, 0.2) is 0 Å². The number of nitrogens with zero attached hydrogens (tertiary/aromatic N) is 1. The number of rotatable bonds is 4. The predicted molar refractivity (Wildman–Crippen MR) is 195 cm³/mol. The van der Waals surface area contributed by atoms with Crippen molar-refractivity contribution in [3.63, 3.8) is 0 Å². The molecule has 0 aliphatic heterocycles. The molecule has 0 aliphatic rings. The summed E-state index contributed by atoms with van der Waals surface area (Å²) in [6.45, 7) is 0. The van der Waals surface area contributed by atoms with Gasteiger partial charge < -0.3 is 0 Å². The first kappa shape index (κ1) is 27.5. The van der Waals surface area contributed by atoms with Gasteiger partial charge in [-0.1, -0.05) is 140 Å². The zero-order valence-electron chi connectivity index (χ0n) is 25.3. The van der Waals surface area contributed by atoms with Crippen molar-refractivity contribution in [3.8, 4) is 22.4 Å². The Morgan fingerprint density at radius 2 is 0.957 bits per heavy atom. The summed E-state index contributed by atoms with van der Waals surface area (Å²) in [4.78, 5) is 5.99. The van der Waals surface area contributed by atoms with Gasteiger partial charge in [0.05, 0.1) is 21.0 Å². The summed E-state index contributed by atoms with van der Waals surface area (Å²) in [7, 11) is -3.71. The molecule has 0 unspecified atom stereocenters. The summed E-state index contributed by atoms with van der Waals surface area (Å²) in [5.74, 6) is 0. The normalized spacial score (nSPS) is 12.0. The predicted octanol–water partition coefficient (Wildman–Crippen LogP) is 11.0. The fourth-order valence-corrected chi connectivity index (χ4v) is 8.62. The van der Waals surface area contributed by atoms with Crippen molar-refractivity contribution in [2.24, 2.45) is 0 Å². The number of sulfone groups is 1. The van der Waals surface area contributed by atoms with Crippen LogP contribution in [0.25, 0.3) is 76.4 Å². The topological polar surface area (TPSA) is 47.0 Å². The first-order chi connectivity index (χ1) is 23.1. The highest BCUT2D eigenvalue weighted by Gasteiger charge is 2.22. The van der Waals surface area contributed by atoms with Gasteiger partial charge in [-0.15, -0.1) is 0 Å². The lowest BCUT2D eigenvalue weighted by atomic mass is 9.89. The van der Waals surface area contributed by atoms with E-state index >= 15 is 0 Å². The van der Waals surface area contributed by atoms with Gasteiger partial charge in [-0.25, -0.2) is 13.4 Å². The molecule has 9 rings (SSSR count). The number of hydrogen-bond donors (Lipinski definition) is 0. The van der Waals surface area contributed by atoms with E-state index in [2.05, 4.69) is 91.0 Å². The molecule has 1 aromatic heterocycles. The molecule has 0 amide bonds. The molecule has 0 saturated heterocycles. The Hall–Kier alpha value is -5.84. The molecule has 4 heteroatoms. The van der Waals surface area contributed by atoms with Crippen LogP contribution in [0.4, 0.5) is 0 Å². The van der Waals surface area contributed by atoms with Crippen LogP contribution in [0.3, 0.4) is 0 Å². The Kier molecular flexibility index (Phi) is 6.21. The molecule has 9 aromatic rings. The zero-order valence-corrected chi connectivity index (χ0v) is 26.1. The van der Waals surface area contributed by atoms with Crippen molar-refractivity contribution in [1.29, 1.82) is 0 Å². The summed E-state index contributed by atoms with van der Waals surface area (Å²) < 4.78 is 27.5. The number of aromatic nitrogens is 1. The van der Waals surface area contributed by atoms with E-state index in [1.807, 2.05) is 42.5 Å². The van der Waals surface area contributed by atoms with Crippen LogP contribution in [-0.4, -0.2) is 13.4 Å². The van der Waals surface area contributed by atoms with Gasteiger partial charge in [0.25, 0.3) is 0 Å². The highest BCUT2D eigenvalue weighted by molar-refractivity contribution is 7.91. The maximum Gasteiger partial charge on any atom is 0.207 e. The maximum absolute atomic E-state index is 13.8. The largest absolute Gasteiger partial charge is 0.247 e. The lowest BCUT2D eigenvalue weighted by Crippen LogP contribution is -2.03. The van der Waals surface area contributed by atoms with Crippen molar-refractivity contribution in [2.75, 3.05) is 0 Å². The molecule has 0 fully saturated rings. The maximum atomic E-state index is 13.8. The monoisotopic (exact) mass is 621 g/mol. The highest BCUT2D eigenvalue weighted by Crippen LogP contribution is 2.44. The minimum atomic E-state index is -3.71. The molecule has 0 bridgehead atoms. The molecular formula is C43H27NO2S. The third-order valence-electron chi connectivity index (χ3n) is 9.25. The van der Waals surface area contributed by atoms with Crippen molar-refractivity contribution in [2.45, 2.75) is 9.79 Å². The van der Waals surface area contributed by atoms with Gasteiger partial charge in [0.2, 0.25) is 9.84 Å². The van der Waals surface area contributed by atoms with Gasteiger partial charge in [-0.3, -0.25) is 0 Å². The first-order valence-electron chi connectivity index (χ1n) is 15.6. The van der Waals surface area contributed by atoms with E-state index in [1.165, 1.54) is 26.9 Å². The van der Waals surface area contributed by atoms with Crippen LogP contribution >= 0.6 is 0 Å². The second kappa shape index (κ2) is 10.6. The second-order valence-electron chi connectivity index (χ2n) is 11.9. The molecule has 3 nitrogen and oxygen atoms in total. The van der Waals surface area contributed by atoms with E-state index in [1.54, 1.807) is 30.3 Å². The van der Waals surface area contributed by atoms with Crippen LogP contribution in [0.1, 0.15) is 0 Å². The summed E-state index contributed by atoms with van der Waals surface area (Å²) in [6, 6.07) is 54.2. The van der Waals surface area contributed by atoms with E-state index < -0.39 is 9.84 Å². The summed E-state index contributed by atoms with van der Waals surface area (Å²) in [6.07, 6.45) is 0. The fourth-order valence-electron chi connectivity index (χ4n) is 7.14. The van der Waals surface area contributed by atoms with Gasteiger partial charge in [0, 0.05) is 27.1 Å². The third kappa shape index (κ3) is 4.26. The number of benzene rings is 8. The molecule has 0 atom stereocenters. The van der Waals surface area contributed by atoms with Gasteiger partial charge in [-0.2, -0.15) is 0 Å². The summed E-state index contributed by atoms with van der Waals surface area (Å²) >= 11 is 0. The Labute approximate surface area is 272 Å². The Balaban J connectivity index is 1.35. The molecule has 0 N–H and O–H groups in total. The van der Waals surface area contributed by atoms with Crippen LogP contribution in [-0.2, 0) is 9.84 Å². The Bertz CT molecular complexity index is 2790. The standard InChI is InChI=1S/C43H27NO2S/c45-47(46,30-15-5-2-6-16-30)40-26-25-31(32-17-7-10-20-35(32)40)29-23-24-38-39(27-29)44-43(28-13-3-1-4-14-28)42-37-22-12-9-19-34(37)33-18-8-11-21-36(33)41(38)42/h1-27H. The molecular weight excluding hydrogens is 595 g/mol. The molecule has 8 aromatic carbocycles. The van der Waals surface area contributed by atoms with Crippen molar-refractivity contribution in [1.82, 2.24) is 4.98 Å². The van der Waals surface area contributed by atoms with Gasteiger partial charge >= 0.3 is 0 Å². The van der Waals surface area contributed by atoms with Crippen molar-refractivity contribution in [3.05, 3.63) is 164 Å². The Morgan fingerprint density at radius 3 is 1.64 bits per heavy atom. The van der Waals surface area contributed by atoms with Crippen LogP contribution in [0, 0.1) is 0 Å². The summed E-state index contributed by atoms with van der Waals surface area (Å²) in [5, 5.41) is 9.79. The molecule has 1 heterocycles. The van der Waals surface area contributed by atoms with Crippen molar-refractivity contribution < 1.29 is 8.42 Å². The minimum absolute atomic E-state index is 0.285. The van der Waals surface area contributed by atoms with Crippen LogP contribution in [0.5, 0.6) is 0 Å². The average molecular weight is 622 g/mol. The third-order valence-corrected chi connectivity index (χ3v) is 11.1. The second-order valence-corrected chi connectivity index (χ2v) is 13.8. The average Bonchev–Trinajstić information content (AvgIpc) is 3.14. The Morgan fingerprint density at radius 1 is 0.404 bits per heavy atom. The molecule has 0 saturated carbocycles. The van der Waals surface area contributed by atoms with Crippen LogP contribution < -0.4 is 0 Å². The van der Waals surface area contributed by atoms with Crippen molar-refractivity contribution >= 4 is 63.8 Å². The van der Waals surface area contributed by atoms with Gasteiger partial charge in [-0.05, 0) is 62.3 Å². The van der Waals surface area contributed by atoms with E-state index in [4.69, 9.17) is 4.98 Å². The molecule has 47 heavy (non-hydrogen) atoms. The summed E-state index contributed by atoms with van der Waals surface area (Å²) in [5.41, 5.74) is 4.83. The van der Waals surface area contributed by atoms with E-state index in [0.29, 0.717) is 10.3 Å². The molecule has 222 valence electrons. The van der Waals surface area contributed by atoms with Crippen LogP contribution in [0.2, 0.25) is 0 Å². The van der Waals surface area contributed by atoms with Crippen LogP contribution in [0.15, 0.2) is 174 Å². The smallest absolute Gasteiger partial charge is 0.207 e. The number of pyridine rings is 1. The molecule has 0 spiro atoms. The van der Waals surface area contributed by atoms with Gasteiger partial charge in [0.1, 0.15) is 0 Å². The first-order valence-corrected chi connectivity index (χ1v) is 17.1. The SMILES string of the molecule is O=S(=O)(c1ccccc1)c1ccc(-c2ccc3c(c2)nc(-c2ccccc2)c2c4ccccc4c4ccccc4c32)c2ccccc12. The number of fused-ring (bicyclic) bond motifs is 9. The quantitative estimate of drug-likeness (QED) is 0.184. The highest BCUT2D eigenvalue weighted by atomic mass is 32.2. The lowest BCUT2D eigenvalue weighted by molar-refractivity contribution is 0.597. The minimum Gasteiger partial charge on any atom is -0.247 e. The zero-order chi connectivity index (χ0) is 31.5. The number of hydrogen-bond acceptors (Lipinski definition) is 3. The van der Waals surface area contributed by atoms with E-state index in [0.717, 1.165) is 44.1 Å². The van der Waals surface area contributed by atoms with E-state index in [-0.39, 0.29) is 4.90 Å². The molecule has 0 radical (unpaired) electrons. The fraction of sp³-hybridized carbons (Fsp3) is 0.